The molecule has 31 heavy (non-hydrogen) atoms. The summed E-state index contributed by atoms with van der Waals surface area (Å²) in [6.07, 6.45) is -0.684. The Labute approximate surface area is 179 Å². The van der Waals surface area contributed by atoms with E-state index < -0.39 is 24.0 Å². The zero-order valence-corrected chi connectivity index (χ0v) is 17.5. The molecule has 0 aliphatic carbocycles. The van der Waals surface area contributed by atoms with Crippen molar-refractivity contribution >= 4 is 34.6 Å². The molecule has 0 spiro atoms. The average Bonchev–Trinajstić information content (AvgIpc) is 3.19. The first-order valence-electron chi connectivity index (χ1n) is 9.73. The quantitative estimate of drug-likeness (QED) is 0.501. The minimum absolute atomic E-state index is 0.104. The lowest BCUT2D eigenvalue weighted by Crippen LogP contribution is -2.47. The molecule has 9 nitrogen and oxygen atoms in total. The first-order chi connectivity index (χ1) is 14.9. The van der Waals surface area contributed by atoms with Gasteiger partial charge < -0.3 is 20.1 Å². The number of carbonyl (C=O) groups excluding carboxylic acids is 3. The van der Waals surface area contributed by atoms with Gasteiger partial charge in [0.15, 0.2) is 5.69 Å². The highest BCUT2D eigenvalue weighted by atomic mass is 16.5. The second-order valence-corrected chi connectivity index (χ2v) is 7.24. The number of aromatic nitrogens is 2. The predicted molar refractivity (Wildman–Crippen MR) is 114 cm³/mol. The number of carbonyl (C=O) groups is 3. The number of methoxy groups -OCH3 is 1. The lowest BCUT2D eigenvalue weighted by Gasteiger charge is -2.21. The fraction of sp³-hybridized carbons (Fsp3) is 0.273. The summed E-state index contributed by atoms with van der Waals surface area (Å²) >= 11 is 0. The molecule has 0 saturated carbocycles. The van der Waals surface area contributed by atoms with Gasteiger partial charge in [0.25, 0.3) is 0 Å². The number of H-pyrrole nitrogens is 1. The summed E-state index contributed by atoms with van der Waals surface area (Å²) in [5, 5.41) is 12.6. The Kier molecular flexibility index (Phi) is 6.86. The fourth-order valence-electron chi connectivity index (χ4n) is 2.99. The van der Waals surface area contributed by atoms with Gasteiger partial charge in [0.2, 0.25) is 5.91 Å². The van der Waals surface area contributed by atoms with Gasteiger partial charge >= 0.3 is 12.1 Å². The molecular weight excluding hydrogens is 400 g/mol. The van der Waals surface area contributed by atoms with E-state index in [4.69, 9.17) is 9.47 Å². The number of amides is 2. The van der Waals surface area contributed by atoms with E-state index in [2.05, 4.69) is 20.8 Å². The molecule has 3 rings (SSSR count). The molecule has 0 radical (unpaired) electrons. The Bertz CT molecular complexity index is 1080. The minimum atomic E-state index is -0.816. The molecular formula is C22H24N4O5. The normalized spacial score (nSPS) is 11.7. The van der Waals surface area contributed by atoms with Crippen LogP contribution in [0.4, 0.5) is 10.5 Å². The first-order valence-corrected chi connectivity index (χ1v) is 9.73. The summed E-state index contributed by atoms with van der Waals surface area (Å²) in [7, 11) is 1.27. The Morgan fingerprint density at radius 2 is 1.84 bits per heavy atom. The van der Waals surface area contributed by atoms with E-state index in [0.717, 1.165) is 5.56 Å². The number of hydrogen-bond donors (Lipinski definition) is 3. The smallest absolute Gasteiger partial charge is 0.408 e. The number of hydrogen-bond acceptors (Lipinski definition) is 6. The van der Waals surface area contributed by atoms with Gasteiger partial charge in [-0.1, -0.05) is 44.2 Å². The van der Waals surface area contributed by atoms with Crippen molar-refractivity contribution in [1.29, 1.82) is 0 Å². The van der Waals surface area contributed by atoms with Crippen LogP contribution in [-0.4, -0.2) is 41.3 Å². The van der Waals surface area contributed by atoms with Crippen LogP contribution in [-0.2, 0) is 20.9 Å². The van der Waals surface area contributed by atoms with Gasteiger partial charge in [0.05, 0.1) is 12.6 Å². The second kappa shape index (κ2) is 9.75. The van der Waals surface area contributed by atoms with Crippen LogP contribution in [0.15, 0.2) is 48.5 Å². The zero-order valence-electron chi connectivity index (χ0n) is 17.5. The number of rotatable bonds is 7. The number of alkyl carbamates (subject to hydrolysis) is 1. The molecule has 162 valence electrons. The fourth-order valence-corrected chi connectivity index (χ4v) is 2.99. The van der Waals surface area contributed by atoms with Gasteiger partial charge in [0.1, 0.15) is 12.6 Å². The van der Waals surface area contributed by atoms with E-state index in [1.54, 1.807) is 18.2 Å². The van der Waals surface area contributed by atoms with E-state index in [-0.39, 0.29) is 18.2 Å². The van der Waals surface area contributed by atoms with Crippen LogP contribution in [0, 0.1) is 5.92 Å². The maximum atomic E-state index is 12.8. The largest absolute Gasteiger partial charge is 0.464 e. The maximum Gasteiger partial charge on any atom is 0.408 e. The number of fused-ring (bicyclic) bond motifs is 1. The topological polar surface area (TPSA) is 122 Å². The van der Waals surface area contributed by atoms with Gasteiger partial charge in [0, 0.05) is 11.1 Å². The van der Waals surface area contributed by atoms with Crippen LogP contribution in [0.3, 0.4) is 0 Å². The third-order valence-corrected chi connectivity index (χ3v) is 4.64. The summed E-state index contributed by atoms with van der Waals surface area (Å²) in [5.74, 6) is -1.18. The van der Waals surface area contributed by atoms with Crippen LogP contribution < -0.4 is 10.6 Å². The van der Waals surface area contributed by atoms with Crippen LogP contribution in [0.2, 0.25) is 0 Å². The standard InChI is InChI=1S/C22H24N4O5/c1-13(2)18(24-22(29)31-12-14-7-5-4-6-8-14)20(27)23-15-9-10-17-16(11-15)19(26-25-17)21(28)30-3/h4-11,13,18H,12H2,1-3H3,(H,23,27)(H,24,29)(H,25,26)/t18-/m0/s1. The molecule has 3 aromatic rings. The molecule has 1 aromatic heterocycles. The van der Waals surface area contributed by atoms with Crippen molar-refractivity contribution in [2.24, 2.45) is 5.92 Å². The van der Waals surface area contributed by atoms with Crippen molar-refractivity contribution in [2.75, 3.05) is 12.4 Å². The number of nitrogens with zero attached hydrogens (tertiary/aromatic N) is 1. The number of aromatic amines is 1. The number of anilines is 1. The van der Waals surface area contributed by atoms with Gasteiger partial charge in [-0.25, -0.2) is 9.59 Å². The first kappa shape index (κ1) is 21.8. The van der Waals surface area contributed by atoms with Crippen molar-refractivity contribution in [1.82, 2.24) is 15.5 Å². The number of esters is 1. The van der Waals surface area contributed by atoms with Crippen molar-refractivity contribution in [3.05, 3.63) is 59.8 Å². The lowest BCUT2D eigenvalue weighted by molar-refractivity contribution is -0.119. The Balaban J connectivity index is 1.67. The van der Waals surface area contributed by atoms with Gasteiger partial charge in [-0.05, 0) is 29.7 Å². The molecule has 0 aliphatic rings. The summed E-state index contributed by atoms with van der Waals surface area (Å²) in [4.78, 5) is 36.9. The molecule has 0 bridgehead atoms. The molecule has 0 unspecified atom stereocenters. The molecule has 0 saturated heterocycles. The van der Waals surface area contributed by atoms with Crippen LogP contribution >= 0.6 is 0 Å². The van der Waals surface area contributed by atoms with Crippen LogP contribution in [0.1, 0.15) is 29.9 Å². The van der Waals surface area contributed by atoms with E-state index >= 15 is 0 Å². The minimum Gasteiger partial charge on any atom is -0.464 e. The predicted octanol–water partition coefficient (Wildman–Crippen LogP) is 3.24. The van der Waals surface area contributed by atoms with Crippen molar-refractivity contribution in [3.63, 3.8) is 0 Å². The molecule has 0 aliphatic heterocycles. The average molecular weight is 424 g/mol. The maximum absolute atomic E-state index is 12.8. The van der Waals surface area contributed by atoms with E-state index in [1.165, 1.54) is 7.11 Å². The lowest BCUT2D eigenvalue weighted by atomic mass is 10.0. The molecule has 2 amide bonds. The number of benzene rings is 2. The Morgan fingerprint density at radius 3 is 2.52 bits per heavy atom. The highest BCUT2D eigenvalue weighted by Crippen LogP contribution is 2.22. The highest BCUT2D eigenvalue weighted by molar-refractivity contribution is 6.04. The third-order valence-electron chi connectivity index (χ3n) is 4.64. The number of nitrogens with one attached hydrogen (secondary N) is 3. The summed E-state index contributed by atoms with van der Waals surface area (Å²) < 4.78 is 9.94. The highest BCUT2D eigenvalue weighted by Gasteiger charge is 2.25. The monoisotopic (exact) mass is 424 g/mol. The van der Waals surface area contributed by atoms with Crippen molar-refractivity contribution in [2.45, 2.75) is 26.5 Å². The van der Waals surface area contributed by atoms with Gasteiger partial charge in [-0.3, -0.25) is 9.89 Å². The van der Waals surface area contributed by atoms with E-state index in [9.17, 15) is 14.4 Å². The molecule has 3 N–H and O–H groups in total. The third kappa shape index (κ3) is 5.39. The summed E-state index contributed by atoms with van der Waals surface area (Å²) in [5.41, 5.74) is 2.05. The summed E-state index contributed by atoms with van der Waals surface area (Å²) in [6, 6.07) is 13.4. The van der Waals surface area contributed by atoms with Crippen molar-refractivity contribution in [3.8, 4) is 0 Å². The molecule has 1 atom stereocenters. The molecule has 9 heteroatoms. The van der Waals surface area contributed by atoms with E-state index in [1.807, 2.05) is 44.2 Å². The molecule has 1 heterocycles. The number of ether oxygens (including phenoxy) is 2. The molecule has 2 aromatic carbocycles. The SMILES string of the molecule is COC(=O)c1n[nH]c2ccc(NC(=O)[C@@H](NC(=O)OCc3ccccc3)C(C)C)cc12. The van der Waals surface area contributed by atoms with Crippen LogP contribution in [0.5, 0.6) is 0 Å². The van der Waals surface area contributed by atoms with Crippen molar-refractivity contribution < 1.29 is 23.9 Å². The molecule has 0 fully saturated rings. The van der Waals surface area contributed by atoms with E-state index in [0.29, 0.717) is 16.6 Å². The van der Waals surface area contributed by atoms with Crippen LogP contribution in [0.25, 0.3) is 10.9 Å². The summed E-state index contributed by atoms with van der Waals surface area (Å²) in [6.45, 7) is 3.74. The van der Waals surface area contributed by atoms with Gasteiger partial charge in [-0.15, -0.1) is 0 Å². The van der Waals surface area contributed by atoms with Gasteiger partial charge in [-0.2, -0.15) is 5.10 Å². The Morgan fingerprint density at radius 1 is 1.10 bits per heavy atom. The Hall–Kier alpha value is -3.88. The second-order valence-electron chi connectivity index (χ2n) is 7.24. The zero-order chi connectivity index (χ0) is 22.4.